The summed E-state index contributed by atoms with van der Waals surface area (Å²) < 4.78 is 18.4. The summed E-state index contributed by atoms with van der Waals surface area (Å²) in [4.78, 5) is 23.0. The highest BCUT2D eigenvalue weighted by atomic mass is 32.2. The number of aliphatic carboxylic acids is 1. The van der Waals surface area contributed by atoms with E-state index in [0.717, 1.165) is 11.8 Å². The molecule has 116 valence electrons. The Morgan fingerprint density at radius 1 is 1.48 bits per heavy atom. The van der Waals surface area contributed by atoms with Gasteiger partial charge in [0.2, 0.25) is 5.91 Å². The van der Waals surface area contributed by atoms with Crippen molar-refractivity contribution in [3.8, 4) is 5.75 Å². The summed E-state index contributed by atoms with van der Waals surface area (Å²) >= 11 is 1.61. The zero-order valence-electron chi connectivity index (χ0n) is 11.9. The zero-order valence-corrected chi connectivity index (χ0v) is 12.7. The van der Waals surface area contributed by atoms with Crippen LogP contribution in [0.3, 0.4) is 0 Å². The number of carbonyl (C=O) groups is 2. The van der Waals surface area contributed by atoms with Crippen LogP contribution in [-0.2, 0) is 9.59 Å². The number of methoxy groups -OCH3 is 1. The molecule has 0 aliphatic carbocycles. The quantitative estimate of drug-likeness (QED) is 0.719. The third kappa shape index (κ3) is 5.26. The van der Waals surface area contributed by atoms with Gasteiger partial charge in [-0.2, -0.15) is 11.8 Å². The summed E-state index contributed by atoms with van der Waals surface area (Å²) in [5, 5.41) is 11.6. The van der Waals surface area contributed by atoms with Gasteiger partial charge in [0.1, 0.15) is 0 Å². The Hall–Kier alpha value is -1.76. The molecule has 1 aromatic rings. The summed E-state index contributed by atoms with van der Waals surface area (Å²) in [5.74, 6) is -1.43. The predicted molar refractivity (Wildman–Crippen MR) is 79.1 cm³/mol. The molecule has 0 saturated heterocycles. The van der Waals surface area contributed by atoms with Gasteiger partial charge in [0.05, 0.1) is 7.11 Å². The first kappa shape index (κ1) is 17.3. The summed E-state index contributed by atoms with van der Waals surface area (Å²) in [6.45, 7) is 0. The fourth-order valence-electron chi connectivity index (χ4n) is 1.76. The van der Waals surface area contributed by atoms with Gasteiger partial charge in [0, 0.05) is 6.42 Å². The number of hydrogen-bond donors (Lipinski definition) is 2. The van der Waals surface area contributed by atoms with E-state index in [0.29, 0.717) is 6.42 Å². The molecular weight excluding hydrogens is 297 g/mol. The van der Waals surface area contributed by atoms with E-state index < -0.39 is 17.8 Å². The molecule has 7 heteroatoms. The normalized spacial score (nSPS) is 11.8. The molecule has 0 aromatic heterocycles. The first-order valence-electron chi connectivity index (χ1n) is 6.34. The molecule has 5 nitrogen and oxygen atoms in total. The van der Waals surface area contributed by atoms with Crippen LogP contribution in [0.1, 0.15) is 24.4 Å². The summed E-state index contributed by atoms with van der Waals surface area (Å²) in [7, 11) is 1.32. The van der Waals surface area contributed by atoms with Gasteiger partial charge in [-0.1, -0.05) is 6.07 Å². The fraction of sp³-hybridized carbons (Fsp3) is 0.429. The average Bonchev–Trinajstić information content (AvgIpc) is 2.44. The van der Waals surface area contributed by atoms with Crippen LogP contribution in [0.5, 0.6) is 5.75 Å². The molecule has 0 radical (unpaired) electrons. The molecule has 1 unspecified atom stereocenters. The maximum absolute atomic E-state index is 13.6. The van der Waals surface area contributed by atoms with Crippen LogP contribution in [0.4, 0.5) is 4.39 Å². The molecular formula is C14H18FNO4S. The van der Waals surface area contributed by atoms with E-state index in [1.165, 1.54) is 19.2 Å². The Kier molecular flexibility index (Phi) is 7.01. The zero-order chi connectivity index (χ0) is 15.8. The maximum Gasteiger partial charge on any atom is 0.330 e. The van der Waals surface area contributed by atoms with Crippen molar-refractivity contribution in [2.75, 3.05) is 19.1 Å². The minimum Gasteiger partial charge on any atom is -0.494 e. The number of thioether (sulfide) groups is 1. The summed E-state index contributed by atoms with van der Waals surface area (Å²) in [6.07, 6.45) is 2.83. The topological polar surface area (TPSA) is 75.6 Å². The highest BCUT2D eigenvalue weighted by Crippen LogP contribution is 2.22. The number of amides is 1. The molecule has 0 aliphatic heterocycles. The monoisotopic (exact) mass is 315 g/mol. The van der Waals surface area contributed by atoms with Crippen LogP contribution in [0, 0.1) is 5.82 Å². The van der Waals surface area contributed by atoms with E-state index in [1.54, 1.807) is 11.8 Å². The van der Waals surface area contributed by atoms with Crippen molar-refractivity contribution < 1.29 is 23.8 Å². The highest BCUT2D eigenvalue weighted by Gasteiger charge is 2.23. The van der Waals surface area contributed by atoms with Gasteiger partial charge in [-0.3, -0.25) is 4.79 Å². The molecule has 1 rings (SSSR count). The molecule has 0 bridgehead atoms. The number of carboxylic acids is 1. The van der Waals surface area contributed by atoms with Crippen LogP contribution >= 0.6 is 11.8 Å². The Labute approximate surface area is 126 Å². The van der Waals surface area contributed by atoms with Crippen molar-refractivity contribution in [3.05, 3.63) is 29.6 Å². The van der Waals surface area contributed by atoms with Crippen LogP contribution < -0.4 is 10.1 Å². The number of hydrogen-bond acceptors (Lipinski definition) is 4. The van der Waals surface area contributed by atoms with Crippen molar-refractivity contribution in [2.24, 2.45) is 0 Å². The summed E-state index contributed by atoms with van der Waals surface area (Å²) in [6, 6.07) is 2.54. The van der Waals surface area contributed by atoms with Gasteiger partial charge in [-0.25, -0.2) is 9.18 Å². The molecule has 1 amide bonds. The lowest BCUT2D eigenvalue weighted by Crippen LogP contribution is -2.33. The van der Waals surface area contributed by atoms with E-state index in [4.69, 9.17) is 4.74 Å². The summed E-state index contributed by atoms with van der Waals surface area (Å²) in [5.41, 5.74) is 0.166. The van der Waals surface area contributed by atoms with Crippen LogP contribution in [0.15, 0.2) is 18.2 Å². The minimum absolute atomic E-state index is 0.0224. The Bertz CT molecular complexity index is 510. The lowest BCUT2D eigenvalue weighted by Gasteiger charge is -2.15. The number of halogens is 1. The second kappa shape index (κ2) is 8.51. The van der Waals surface area contributed by atoms with E-state index in [1.807, 2.05) is 6.26 Å². The van der Waals surface area contributed by atoms with E-state index in [-0.39, 0.29) is 23.6 Å². The van der Waals surface area contributed by atoms with E-state index in [9.17, 15) is 19.1 Å². The molecule has 0 fully saturated rings. The number of nitrogens with one attached hydrogen (secondary N) is 1. The molecule has 21 heavy (non-hydrogen) atoms. The first-order valence-corrected chi connectivity index (χ1v) is 7.73. The molecule has 0 aliphatic rings. The maximum atomic E-state index is 13.6. The molecule has 1 atom stereocenters. The van der Waals surface area contributed by atoms with Crippen molar-refractivity contribution >= 4 is 23.6 Å². The van der Waals surface area contributed by atoms with Crippen LogP contribution in [0.2, 0.25) is 0 Å². The number of ether oxygens (including phenoxy) is 1. The van der Waals surface area contributed by atoms with Gasteiger partial charge < -0.3 is 15.2 Å². The lowest BCUT2D eigenvalue weighted by molar-refractivity contribution is -0.142. The van der Waals surface area contributed by atoms with E-state index >= 15 is 0 Å². The van der Waals surface area contributed by atoms with Gasteiger partial charge in [-0.05, 0) is 36.1 Å². The van der Waals surface area contributed by atoms with Crippen molar-refractivity contribution in [2.45, 2.75) is 18.9 Å². The second-order valence-corrected chi connectivity index (χ2v) is 5.31. The number of rotatable bonds is 8. The third-order valence-electron chi connectivity index (χ3n) is 2.81. The smallest absolute Gasteiger partial charge is 0.330 e. The van der Waals surface area contributed by atoms with Crippen molar-refractivity contribution in [1.82, 2.24) is 5.32 Å². The standard InChI is InChI=1S/C14H18FNO4S/c1-20-11-6-5-9(8-10(11)15)13(14(18)19)16-12(17)4-3-7-21-2/h5-6,8,13H,3-4,7H2,1-2H3,(H,16,17)(H,18,19). The highest BCUT2D eigenvalue weighted by molar-refractivity contribution is 7.98. The average molecular weight is 315 g/mol. The van der Waals surface area contributed by atoms with Crippen molar-refractivity contribution in [3.63, 3.8) is 0 Å². The van der Waals surface area contributed by atoms with Gasteiger partial charge in [-0.15, -0.1) is 0 Å². The van der Waals surface area contributed by atoms with Gasteiger partial charge >= 0.3 is 5.97 Å². The number of benzene rings is 1. The predicted octanol–water partition coefficient (Wildman–Crippen LogP) is 2.22. The Morgan fingerprint density at radius 2 is 2.19 bits per heavy atom. The second-order valence-electron chi connectivity index (χ2n) is 4.33. The number of carbonyl (C=O) groups excluding carboxylic acids is 1. The SMILES string of the molecule is COc1ccc(C(NC(=O)CCCSC)C(=O)O)cc1F. The first-order chi connectivity index (χ1) is 9.99. The van der Waals surface area contributed by atoms with E-state index in [2.05, 4.69) is 5.32 Å². The van der Waals surface area contributed by atoms with Crippen molar-refractivity contribution in [1.29, 1.82) is 0 Å². The van der Waals surface area contributed by atoms with Gasteiger partial charge in [0.15, 0.2) is 17.6 Å². The Morgan fingerprint density at radius 3 is 2.71 bits per heavy atom. The van der Waals surface area contributed by atoms with Crippen LogP contribution in [0.25, 0.3) is 0 Å². The van der Waals surface area contributed by atoms with Crippen LogP contribution in [-0.4, -0.2) is 36.1 Å². The van der Waals surface area contributed by atoms with Gasteiger partial charge in [0.25, 0.3) is 0 Å². The molecule has 1 aromatic carbocycles. The molecule has 2 N–H and O–H groups in total. The number of carboxylic acid groups (broad SMARTS) is 1. The largest absolute Gasteiger partial charge is 0.494 e. The minimum atomic E-state index is -1.27. The molecule has 0 spiro atoms. The fourth-order valence-corrected chi connectivity index (χ4v) is 2.19. The molecule has 0 heterocycles. The third-order valence-corrected chi connectivity index (χ3v) is 3.51. The lowest BCUT2D eigenvalue weighted by atomic mass is 10.1. The molecule has 0 saturated carbocycles. The Balaban J connectivity index is 2.80.